The predicted octanol–water partition coefficient (Wildman–Crippen LogP) is 0.910. The second-order valence-corrected chi connectivity index (χ2v) is 3.90. The van der Waals surface area contributed by atoms with E-state index in [4.69, 9.17) is 0 Å². The Morgan fingerprint density at radius 1 is 1.21 bits per heavy atom. The molecule has 1 aromatic heterocycles. The molecule has 1 aliphatic carbocycles. The van der Waals surface area contributed by atoms with Gasteiger partial charge in [0.25, 0.3) is 0 Å². The molecule has 0 aliphatic heterocycles. The van der Waals surface area contributed by atoms with Gasteiger partial charge in [0.05, 0.1) is 17.5 Å². The Labute approximate surface area is 81.4 Å². The Bertz CT molecular complexity index is 424. The molecular formula is C10H10N2O2. The molecule has 0 fully saturated rings. The molecule has 14 heavy (non-hydrogen) atoms. The van der Waals surface area contributed by atoms with Crippen molar-refractivity contribution < 1.29 is 9.59 Å². The van der Waals surface area contributed by atoms with E-state index in [1.165, 1.54) is 12.4 Å². The van der Waals surface area contributed by atoms with E-state index in [0.717, 1.165) is 0 Å². The van der Waals surface area contributed by atoms with Crippen molar-refractivity contribution in [3.63, 3.8) is 0 Å². The third kappa shape index (κ3) is 1.07. The first-order valence-electron chi connectivity index (χ1n) is 4.41. The van der Waals surface area contributed by atoms with Crippen LogP contribution in [-0.2, 0) is 10.2 Å². The maximum atomic E-state index is 11.6. The summed E-state index contributed by atoms with van der Waals surface area (Å²) in [5.41, 5.74) is 0.163. The first kappa shape index (κ1) is 8.99. The molecule has 0 spiro atoms. The average molecular weight is 190 g/mol. The van der Waals surface area contributed by atoms with Crippen LogP contribution in [0.2, 0.25) is 0 Å². The highest BCUT2D eigenvalue weighted by Crippen LogP contribution is 2.30. The zero-order chi connectivity index (χ0) is 10.3. The summed E-state index contributed by atoms with van der Waals surface area (Å²) in [7, 11) is 0. The normalized spacial score (nSPS) is 19.3. The number of Topliss-reactive ketones (excluding diaryl/α,β-unsaturated/α-hetero) is 2. The van der Waals surface area contributed by atoms with Crippen molar-refractivity contribution in [1.29, 1.82) is 0 Å². The van der Waals surface area contributed by atoms with Crippen LogP contribution in [-0.4, -0.2) is 21.5 Å². The van der Waals surface area contributed by atoms with Crippen molar-refractivity contribution in [2.45, 2.75) is 25.7 Å². The highest BCUT2D eigenvalue weighted by molar-refractivity contribution is 6.14. The van der Waals surface area contributed by atoms with Gasteiger partial charge < -0.3 is 0 Å². The minimum absolute atomic E-state index is 0.0569. The van der Waals surface area contributed by atoms with Gasteiger partial charge in [0.2, 0.25) is 0 Å². The zero-order valence-electron chi connectivity index (χ0n) is 8.07. The number of hydrogen-bond donors (Lipinski definition) is 0. The summed E-state index contributed by atoms with van der Waals surface area (Å²) < 4.78 is 0. The summed E-state index contributed by atoms with van der Waals surface area (Å²) in [5, 5.41) is 0. The van der Waals surface area contributed by atoms with Crippen molar-refractivity contribution in [1.82, 2.24) is 9.97 Å². The monoisotopic (exact) mass is 190 g/mol. The molecule has 1 aromatic rings. The van der Waals surface area contributed by atoms with Crippen LogP contribution in [0.4, 0.5) is 0 Å². The number of aromatic nitrogens is 2. The average Bonchev–Trinajstić information content (AvgIpc) is 2.16. The lowest BCUT2D eigenvalue weighted by Crippen LogP contribution is -2.38. The smallest absolute Gasteiger partial charge is 0.190 e. The van der Waals surface area contributed by atoms with Gasteiger partial charge in [-0.05, 0) is 13.8 Å². The van der Waals surface area contributed by atoms with Crippen molar-refractivity contribution in [3.05, 3.63) is 23.8 Å². The topological polar surface area (TPSA) is 59.9 Å². The second-order valence-electron chi connectivity index (χ2n) is 3.90. The first-order chi connectivity index (χ1) is 6.53. The molecule has 0 unspecified atom stereocenters. The van der Waals surface area contributed by atoms with E-state index in [9.17, 15) is 9.59 Å². The van der Waals surface area contributed by atoms with Gasteiger partial charge in [0.1, 0.15) is 5.69 Å². The fourth-order valence-electron chi connectivity index (χ4n) is 1.58. The molecule has 1 heterocycles. The Balaban J connectivity index is 2.69. The summed E-state index contributed by atoms with van der Waals surface area (Å²) in [6.45, 7) is 3.55. The lowest BCUT2D eigenvalue weighted by Gasteiger charge is -2.27. The van der Waals surface area contributed by atoms with E-state index < -0.39 is 5.41 Å². The Morgan fingerprint density at radius 2 is 1.86 bits per heavy atom. The largest absolute Gasteiger partial charge is 0.298 e. The molecule has 0 bridgehead atoms. The van der Waals surface area contributed by atoms with Gasteiger partial charge in [-0.3, -0.25) is 14.6 Å². The van der Waals surface area contributed by atoms with Crippen LogP contribution < -0.4 is 0 Å². The van der Waals surface area contributed by atoms with Gasteiger partial charge >= 0.3 is 0 Å². The number of rotatable bonds is 0. The van der Waals surface area contributed by atoms with E-state index in [1.807, 2.05) is 0 Å². The van der Waals surface area contributed by atoms with Crippen LogP contribution in [0.5, 0.6) is 0 Å². The Morgan fingerprint density at radius 3 is 2.57 bits per heavy atom. The molecule has 0 radical (unpaired) electrons. The van der Waals surface area contributed by atoms with Crippen LogP contribution >= 0.6 is 0 Å². The van der Waals surface area contributed by atoms with E-state index in [-0.39, 0.29) is 18.0 Å². The summed E-state index contributed by atoms with van der Waals surface area (Å²) in [4.78, 5) is 31.1. The maximum Gasteiger partial charge on any atom is 0.190 e. The third-order valence-corrected chi connectivity index (χ3v) is 2.57. The quantitative estimate of drug-likeness (QED) is 0.570. The molecule has 0 amide bonds. The van der Waals surface area contributed by atoms with Gasteiger partial charge in [-0.2, -0.15) is 0 Å². The van der Waals surface area contributed by atoms with Crippen LogP contribution in [0, 0.1) is 0 Å². The Hall–Kier alpha value is -1.58. The van der Waals surface area contributed by atoms with E-state index in [0.29, 0.717) is 11.4 Å². The number of carbonyl (C=O) groups is 2. The molecule has 4 nitrogen and oxygen atoms in total. The third-order valence-electron chi connectivity index (χ3n) is 2.57. The molecule has 0 saturated heterocycles. The maximum absolute atomic E-state index is 11.6. The van der Waals surface area contributed by atoms with Gasteiger partial charge in [0.15, 0.2) is 11.6 Å². The summed E-state index contributed by atoms with van der Waals surface area (Å²) in [5.74, 6) is -0.312. The Kier molecular flexibility index (Phi) is 1.74. The van der Waals surface area contributed by atoms with Gasteiger partial charge in [-0.15, -0.1) is 0 Å². The zero-order valence-corrected chi connectivity index (χ0v) is 8.07. The van der Waals surface area contributed by atoms with Crippen molar-refractivity contribution >= 4 is 11.6 Å². The van der Waals surface area contributed by atoms with Gasteiger partial charge in [-0.25, -0.2) is 4.98 Å². The standard InChI is InChI=1S/C10H10N2O2/c1-10(2)7(14)5-6(13)8-9(10)12-4-3-11-8/h3-4H,5H2,1-2H3. The summed E-state index contributed by atoms with van der Waals surface area (Å²) in [6, 6.07) is 0. The van der Waals surface area contributed by atoms with Crippen molar-refractivity contribution in [2.75, 3.05) is 0 Å². The van der Waals surface area contributed by atoms with Crippen LogP contribution in [0.3, 0.4) is 0 Å². The van der Waals surface area contributed by atoms with Gasteiger partial charge in [-0.1, -0.05) is 0 Å². The number of carbonyl (C=O) groups excluding carboxylic acids is 2. The molecule has 72 valence electrons. The molecule has 0 saturated carbocycles. The minimum Gasteiger partial charge on any atom is -0.298 e. The lowest BCUT2D eigenvalue weighted by atomic mass is 9.76. The molecule has 0 N–H and O–H groups in total. The van der Waals surface area contributed by atoms with Gasteiger partial charge in [0, 0.05) is 12.4 Å². The first-order valence-corrected chi connectivity index (χ1v) is 4.41. The lowest BCUT2D eigenvalue weighted by molar-refractivity contribution is -0.123. The SMILES string of the molecule is CC1(C)C(=O)CC(=O)c2nccnc21. The number of hydrogen-bond acceptors (Lipinski definition) is 4. The van der Waals surface area contributed by atoms with Crippen LogP contribution in [0.1, 0.15) is 36.5 Å². The minimum atomic E-state index is -0.683. The summed E-state index contributed by atoms with van der Waals surface area (Å²) >= 11 is 0. The van der Waals surface area contributed by atoms with Crippen LogP contribution in [0.15, 0.2) is 12.4 Å². The highest BCUT2D eigenvalue weighted by atomic mass is 16.2. The van der Waals surface area contributed by atoms with E-state index >= 15 is 0 Å². The second kappa shape index (κ2) is 2.70. The molecule has 1 aliphatic rings. The van der Waals surface area contributed by atoms with E-state index in [1.54, 1.807) is 13.8 Å². The van der Waals surface area contributed by atoms with E-state index in [2.05, 4.69) is 9.97 Å². The summed E-state index contributed by atoms with van der Waals surface area (Å²) in [6.07, 6.45) is 2.92. The fraction of sp³-hybridized carbons (Fsp3) is 0.400. The molecule has 0 aromatic carbocycles. The van der Waals surface area contributed by atoms with Crippen LogP contribution in [0.25, 0.3) is 0 Å². The number of nitrogens with zero attached hydrogens (tertiary/aromatic N) is 2. The number of ketones is 2. The molecule has 0 atom stereocenters. The molecule has 2 rings (SSSR count). The highest BCUT2D eigenvalue weighted by Gasteiger charge is 2.40. The van der Waals surface area contributed by atoms with Crippen molar-refractivity contribution in [3.8, 4) is 0 Å². The predicted molar refractivity (Wildman–Crippen MR) is 49.0 cm³/mol. The molecular weight excluding hydrogens is 180 g/mol. The molecule has 4 heteroatoms. The number of fused-ring (bicyclic) bond motifs is 1. The van der Waals surface area contributed by atoms with Crippen molar-refractivity contribution in [2.24, 2.45) is 0 Å². The fourth-order valence-corrected chi connectivity index (χ4v) is 1.58.